The average Bonchev–Trinajstić information content (AvgIpc) is 3.26. The fourth-order valence-corrected chi connectivity index (χ4v) is 5.28. The van der Waals surface area contributed by atoms with Crippen molar-refractivity contribution >= 4 is 28.4 Å². The van der Waals surface area contributed by atoms with E-state index >= 15 is 0 Å². The van der Waals surface area contributed by atoms with Crippen LogP contribution in [0.15, 0.2) is 51.7 Å². The van der Waals surface area contributed by atoms with E-state index in [9.17, 15) is 19.2 Å². The lowest BCUT2D eigenvalue weighted by Gasteiger charge is -2.32. The number of carbonyl (C=O) groups is 3. The normalized spacial score (nSPS) is 18.3. The molecule has 0 aliphatic heterocycles. The molecule has 1 aromatic heterocycles. The molecule has 1 aliphatic carbocycles. The molecule has 0 spiro atoms. The minimum atomic E-state index is -0.889. The Labute approximate surface area is 228 Å². The van der Waals surface area contributed by atoms with Gasteiger partial charge in [0.15, 0.2) is 0 Å². The Kier molecular flexibility index (Phi) is 8.99. The first kappa shape index (κ1) is 28.3. The van der Waals surface area contributed by atoms with Gasteiger partial charge in [-0.05, 0) is 47.9 Å². The van der Waals surface area contributed by atoms with Crippen molar-refractivity contribution in [3.05, 3.63) is 64.5 Å². The zero-order valence-corrected chi connectivity index (χ0v) is 23.1. The topological polar surface area (TPSA) is 123 Å². The van der Waals surface area contributed by atoms with Crippen LogP contribution in [0.1, 0.15) is 80.8 Å². The van der Waals surface area contributed by atoms with Crippen LogP contribution in [0.3, 0.4) is 0 Å². The van der Waals surface area contributed by atoms with Crippen molar-refractivity contribution in [1.82, 2.24) is 20.4 Å². The average molecular weight is 535 g/mol. The molecule has 208 valence electrons. The minimum absolute atomic E-state index is 0.0944. The molecule has 1 saturated carbocycles. The molecular formula is C30H38N4O5. The third kappa shape index (κ3) is 6.82. The van der Waals surface area contributed by atoms with E-state index in [0.29, 0.717) is 31.4 Å². The zero-order chi connectivity index (χ0) is 28.1. The van der Waals surface area contributed by atoms with Crippen LogP contribution in [0.4, 0.5) is 0 Å². The maximum Gasteiger partial charge on any atom is 0.437 e. The minimum Gasteiger partial charge on any atom is -0.384 e. The number of nitrogens with zero attached hydrogens (tertiary/aromatic N) is 2. The molecule has 2 amide bonds. The lowest BCUT2D eigenvalue weighted by molar-refractivity contribution is -0.127. The fourth-order valence-electron chi connectivity index (χ4n) is 5.28. The second-order valence-corrected chi connectivity index (χ2v) is 11.3. The molecule has 1 heterocycles. The number of rotatable bonds is 10. The Bertz CT molecular complexity index is 1380. The summed E-state index contributed by atoms with van der Waals surface area (Å²) in [5.41, 5.74) is 0.567. The van der Waals surface area contributed by atoms with E-state index in [2.05, 4.69) is 15.7 Å². The molecule has 3 atom stereocenters. The molecule has 0 bridgehead atoms. The van der Waals surface area contributed by atoms with E-state index in [0.717, 1.165) is 28.3 Å². The lowest BCUT2D eigenvalue weighted by Crippen LogP contribution is -2.52. The number of fused-ring (bicyclic) bond motifs is 1. The van der Waals surface area contributed by atoms with Crippen LogP contribution >= 0.6 is 0 Å². The Balaban J connectivity index is 1.50. The van der Waals surface area contributed by atoms with E-state index in [1.165, 1.54) is 0 Å². The smallest absolute Gasteiger partial charge is 0.384 e. The van der Waals surface area contributed by atoms with Crippen molar-refractivity contribution in [1.29, 1.82) is 0 Å². The number of carbonyl (C=O) groups excluding carboxylic acids is 3. The maximum absolute atomic E-state index is 13.6. The molecule has 1 aliphatic rings. The Morgan fingerprint density at radius 1 is 1.00 bits per heavy atom. The van der Waals surface area contributed by atoms with E-state index in [1.807, 2.05) is 64.1 Å². The molecule has 9 nitrogen and oxygen atoms in total. The third-order valence-corrected chi connectivity index (χ3v) is 7.15. The van der Waals surface area contributed by atoms with E-state index in [-0.39, 0.29) is 35.6 Å². The summed E-state index contributed by atoms with van der Waals surface area (Å²) in [7, 11) is 0. The molecule has 0 unspecified atom stereocenters. The van der Waals surface area contributed by atoms with Gasteiger partial charge >= 0.3 is 5.76 Å². The van der Waals surface area contributed by atoms with Crippen LogP contribution in [-0.4, -0.2) is 39.5 Å². The molecular weight excluding hydrogens is 496 g/mol. The van der Waals surface area contributed by atoms with E-state index < -0.39 is 23.5 Å². The fraction of sp³-hybridized carbons (Fsp3) is 0.500. The van der Waals surface area contributed by atoms with Crippen molar-refractivity contribution < 1.29 is 18.8 Å². The summed E-state index contributed by atoms with van der Waals surface area (Å²) in [5, 5.41) is 11.9. The van der Waals surface area contributed by atoms with Crippen molar-refractivity contribution in [2.75, 3.05) is 0 Å². The molecule has 0 saturated heterocycles. The molecule has 39 heavy (non-hydrogen) atoms. The molecule has 0 radical (unpaired) electrons. The number of amides is 2. The van der Waals surface area contributed by atoms with Gasteiger partial charge in [-0.1, -0.05) is 76.9 Å². The SMILES string of the molecule is CC(C)C[C@H](NC(=O)[C@@H]1CCCC[C@@H]1NC(=O)c1cccc2ccccc12)C(=O)c1nn(CC(C)C)c(=O)o1. The molecule has 9 heteroatoms. The summed E-state index contributed by atoms with van der Waals surface area (Å²) < 4.78 is 6.31. The molecule has 2 N–H and O–H groups in total. The summed E-state index contributed by atoms with van der Waals surface area (Å²) in [6.07, 6.45) is 3.40. The highest BCUT2D eigenvalue weighted by atomic mass is 16.4. The molecule has 1 fully saturated rings. The van der Waals surface area contributed by atoms with Gasteiger partial charge in [0.05, 0.1) is 18.5 Å². The van der Waals surface area contributed by atoms with Gasteiger partial charge in [0.2, 0.25) is 11.7 Å². The second kappa shape index (κ2) is 12.4. The summed E-state index contributed by atoms with van der Waals surface area (Å²) >= 11 is 0. The number of hydrogen-bond donors (Lipinski definition) is 2. The van der Waals surface area contributed by atoms with E-state index in [1.54, 1.807) is 6.07 Å². The van der Waals surface area contributed by atoms with Gasteiger partial charge in [0.1, 0.15) is 0 Å². The summed E-state index contributed by atoms with van der Waals surface area (Å²) in [4.78, 5) is 52.4. The van der Waals surface area contributed by atoms with Gasteiger partial charge in [0.25, 0.3) is 11.8 Å². The van der Waals surface area contributed by atoms with Crippen molar-refractivity contribution in [3.8, 4) is 0 Å². The summed E-state index contributed by atoms with van der Waals surface area (Å²) in [5.74, 6) is -2.26. The highest BCUT2D eigenvalue weighted by Gasteiger charge is 2.36. The number of Topliss-reactive ketones (excluding diaryl/α,β-unsaturated/α-hetero) is 1. The standard InChI is InChI=1S/C30H38N4O5/c1-18(2)16-25(26(35)29-33-34(17-19(3)4)30(38)39-29)32-28(37)23-13-7-8-15-24(23)31-27(36)22-14-9-11-20-10-5-6-12-21(20)22/h5-6,9-12,14,18-19,23-25H,7-8,13,15-17H2,1-4H3,(H,31,36)(H,32,37)/t23-,24+,25+/m1/s1. The number of ketones is 1. The van der Waals surface area contributed by atoms with Crippen LogP contribution in [0.5, 0.6) is 0 Å². The van der Waals surface area contributed by atoms with Gasteiger partial charge < -0.3 is 15.1 Å². The van der Waals surface area contributed by atoms with Crippen LogP contribution in [-0.2, 0) is 11.3 Å². The van der Waals surface area contributed by atoms with Crippen LogP contribution < -0.4 is 16.4 Å². The summed E-state index contributed by atoms with van der Waals surface area (Å²) in [6.45, 7) is 8.10. The second-order valence-electron chi connectivity index (χ2n) is 11.3. The Morgan fingerprint density at radius 2 is 1.72 bits per heavy atom. The number of nitrogens with one attached hydrogen (secondary N) is 2. The summed E-state index contributed by atoms with van der Waals surface area (Å²) in [6, 6.07) is 12.1. The van der Waals surface area contributed by atoms with Gasteiger partial charge in [0, 0.05) is 11.6 Å². The van der Waals surface area contributed by atoms with E-state index in [4.69, 9.17) is 4.42 Å². The maximum atomic E-state index is 13.6. The predicted molar refractivity (Wildman–Crippen MR) is 148 cm³/mol. The van der Waals surface area contributed by atoms with Gasteiger partial charge in [-0.3, -0.25) is 14.4 Å². The van der Waals surface area contributed by atoms with Gasteiger partial charge in [-0.25, -0.2) is 4.79 Å². The van der Waals surface area contributed by atoms with Crippen molar-refractivity contribution in [3.63, 3.8) is 0 Å². The van der Waals surface area contributed by atoms with Gasteiger partial charge in [-0.15, -0.1) is 5.10 Å². The zero-order valence-electron chi connectivity index (χ0n) is 23.1. The van der Waals surface area contributed by atoms with Crippen LogP contribution in [0.2, 0.25) is 0 Å². The number of benzene rings is 2. The predicted octanol–water partition coefficient (Wildman–Crippen LogP) is 4.35. The number of hydrogen-bond acceptors (Lipinski definition) is 6. The molecule has 4 rings (SSSR count). The third-order valence-electron chi connectivity index (χ3n) is 7.15. The largest absolute Gasteiger partial charge is 0.437 e. The first-order chi connectivity index (χ1) is 18.6. The first-order valence-corrected chi connectivity index (χ1v) is 13.8. The quantitative estimate of drug-likeness (QED) is 0.373. The molecule has 3 aromatic rings. The van der Waals surface area contributed by atoms with Crippen LogP contribution in [0, 0.1) is 17.8 Å². The Morgan fingerprint density at radius 3 is 2.46 bits per heavy atom. The van der Waals surface area contributed by atoms with Crippen LogP contribution in [0.25, 0.3) is 10.8 Å². The van der Waals surface area contributed by atoms with Gasteiger partial charge in [-0.2, -0.15) is 4.68 Å². The Hall–Kier alpha value is -3.75. The van der Waals surface area contributed by atoms with Crippen molar-refractivity contribution in [2.45, 2.75) is 78.4 Å². The highest BCUT2D eigenvalue weighted by molar-refractivity contribution is 6.07. The van der Waals surface area contributed by atoms with Crippen molar-refractivity contribution in [2.24, 2.45) is 17.8 Å². The molecule has 2 aromatic carbocycles. The number of aromatic nitrogens is 2. The first-order valence-electron chi connectivity index (χ1n) is 13.8. The lowest BCUT2D eigenvalue weighted by atomic mass is 9.83. The monoisotopic (exact) mass is 534 g/mol. The highest BCUT2D eigenvalue weighted by Crippen LogP contribution is 2.27.